The molecule has 4 heterocycles. The van der Waals surface area contributed by atoms with Gasteiger partial charge in [-0.05, 0) is 187 Å². The van der Waals surface area contributed by atoms with Crippen LogP contribution in [0.2, 0.25) is 0 Å². The first-order chi connectivity index (χ1) is 43.0. The van der Waals surface area contributed by atoms with Gasteiger partial charge in [0.15, 0.2) is 0 Å². The number of rotatable bonds is 18. The van der Waals surface area contributed by atoms with Crippen LogP contribution in [0.4, 0.5) is 39.2 Å². The van der Waals surface area contributed by atoms with Crippen molar-refractivity contribution in [3.63, 3.8) is 0 Å². The van der Waals surface area contributed by atoms with E-state index in [2.05, 4.69) is 52.2 Å². The molecule has 4 atom stereocenters. The summed E-state index contributed by atoms with van der Waals surface area (Å²) in [5.41, 5.74) is 8.26. The van der Waals surface area contributed by atoms with Crippen LogP contribution in [0.15, 0.2) is 133 Å². The minimum Gasteiger partial charge on any atom is -0.497 e. The van der Waals surface area contributed by atoms with Gasteiger partial charge in [0.1, 0.15) is 34.6 Å². The molecule has 2 aromatic heterocycles. The number of non-ortho nitro benzene ring substituents is 2. The molecule has 0 bridgehead atoms. The molecule has 2 N–H and O–H groups in total. The number of carbonyl (C=O) groups is 3. The second kappa shape index (κ2) is 24.1. The largest absolute Gasteiger partial charge is 0.519 e. The average Bonchev–Trinajstić information content (AvgIpc) is 1.74. The molecule has 2 aliphatic heterocycles. The lowest BCUT2D eigenvalue weighted by Crippen LogP contribution is -2.24. The SMILES string of the molecule is COc1ccc(CN2Cc3cc(Nc4cc(C5CCC(c6cc([N+](=O)[O-])ccc6OC(=O)Oc6ccc([N+](=O)[O-])cc6C6CCC(c7cc(Nc8ccc9c(c8)CN(Cc8ccc(OC)cc8)C9=O)n(C(C)(C)C)n7)C6)C5)nn4C(C)(C)C)ccc3C2=O)cc1. The van der Waals surface area contributed by atoms with Crippen molar-refractivity contribution in [3.8, 4) is 23.0 Å². The van der Waals surface area contributed by atoms with Gasteiger partial charge in [-0.3, -0.25) is 29.8 Å². The first-order valence-corrected chi connectivity index (χ1v) is 30.4. The van der Waals surface area contributed by atoms with Gasteiger partial charge in [-0.15, -0.1) is 0 Å². The van der Waals surface area contributed by atoms with Crippen LogP contribution >= 0.6 is 0 Å². The van der Waals surface area contributed by atoms with E-state index in [-0.39, 0.29) is 58.4 Å². The molecule has 12 rings (SSSR count). The van der Waals surface area contributed by atoms with Crippen molar-refractivity contribution in [2.75, 3.05) is 24.9 Å². The Hall–Kier alpha value is -10.0. The smallest absolute Gasteiger partial charge is 0.497 e. The molecular formula is C69H72N10O11. The maximum Gasteiger partial charge on any atom is 0.519 e. The van der Waals surface area contributed by atoms with Gasteiger partial charge in [-0.1, -0.05) is 24.3 Å². The Bertz CT molecular complexity index is 3850. The van der Waals surface area contributed by atoms with E-state index in [0.717, 1.165) is 68.2 Å². The lowest BCUT2D eigenvalue weighted by Gasteiger charge is -2.23. The quantitative estimate of drug-likeness (QED) is 0.0351. The summed E-state index contributed by atoms with van der Waals surface area (Å²) in [6.07, 6.45) is 2.67. The van der Waals surface area contributed by atoms with Gasteiger partial charge < -0.3 is 39.4 Å². The normalized spacial score (nSPS) is 18.0. The van der Waals surface area contributed by atoms with E-state index in [1.165, 1.54) is 36.4 Å². The number of carbonyl (C=O) groups excluding carboxylic acids is 3. The number of hydrogen-bond acceptors (Lipinski definition) is 15. The van der Waals surface area contributed by atoms with E-state index < -0.39 is 27.1 Å². The molecule has 2 amide bonds. The fourth-order valence-corrected chi connectivity index (χ4v) is 13.2. The molecule has 2 saturated carbocycles. The summed E-state index contributed by atoms with van der Waals surface area (Å²) in [4.78, 5) is 68.3. The van der Waals surface area contributed by atoms with Crippen molar-refractivity contribution >= 4 is 52.4 Å². The van der Waals surface area contributed by atoms with Crippen LogP contribution in [-0.2, 0) is 37.3 Å². The van der Waals surface area contributed by atoms with Crippen LogP contribution in [-0.4, -0.2) is 71.4 Å². The average molecular weight is 1220 g/mol. The Morgan fingerprint density at radius 1 is 0.533 bits per heavy atom. The number of hydrogen-bond donors (Lipinski definition) is 2. The number of aromatic nitrogens is 4. The molecule has 4 aliphatic rings. The molecule has 2 fully saturated rings. The second-order valence-electron chi connectivity index (χ2n) is 25.9. The molecule has 0 spiro atoms. The molecular weight excluding hydrogens is 1140 g/mol. The van der Waals surface area contributed by atoms with Crippen molar-refractivity contribution in [3.05, 3.63) is 210 Å². The predicted molar refractivity (Wildman–Crippen MR) is 339 cm³/mol. The third-order valence-corrected chi connectivity index (χ3v) is 17.7. The summed E-state index contributed by atoms with van der Waals surface area (Å²) < 4.78 is 26.5. The predicted octanol–water partition coefficient (Wildman–Crippen LogP) is 14.9. The molecule has 4 unspecified atom stereocenters. The lowest BCUT2D eigenvalue weighted by atomic mass is 9.94. The number of fused-ring (bicyclic) bond motifs is 2. The van der Waals surface area contributed by atoms with Crippen LogP contribution in [0.1, 0.15) is 169 Å². The van der Waals surface area contributed by atoms with Gasteiger partial charge in [-0.25, -0.2) is 14.2 Å². The first kappa shape index (κ1) is 60.2. The Morgan fingerprint density at radius 3 is 1.29 bits per heavy atom. The maximum atomic E-state index is 14.1. The zero-order chi connectivity index (χ0) is 63.3. The fourth-order valence-electron chi connectivity index (χ4n) is 13.2. The number of nitro groups is 2. The van der Waals surface area contributed by atoms with Crippen molar-refractivity contribution in [2.24, 2.45) is 0 Å². The summed E-state index contributed by atoms with van der Waals surface area (Å²) in [6, 6.07) is 39.4. The van der Waals surface area contributed by atoms with Crippen LogP contribution < -0.4 is 29.6 Å². The van der Waals surface area contributed by atoms with Crippen LogP contribution in [0.25, 0.3) is 0 Å². The Kier molecular flexibility index (Phi) is 16.2. The monoisotopic (exact) mass is 1220 g/mol. The van der Waals surface area contributed by atoms with Gasteiger partial charge in [0.25, 0.3) is 23.2 Å². The van der Waals surface area contributed by atoms with Crippen LogP contribution in [0.3, 0.4) is 0 Å². The number of amides is 2. The highest BCUT2D eigenvalue weighted by Crippen LogP contribution is 2.50. The van der Waals surface area contributed by atoms with Gasteiger partial charge in [-0.2, -0.15) is 10.2 Å². The Balaban J connectivity index is 0.725. The molecule has 21 heteroatoms. The van der Waals surface area contributed by atoms with Crippen molar-refractivity contribution in [2.45, 2.75) is 141 Å². The van der Waals surface area contributed by atoms with Gasteiger partial charge in [0.2, 0.25) is 0 Å². The highest BCUT2D eigenvalue weighted by Gasteiger charge is 2.37. The highest BCUT2D eigenvalue weighted by atomic mass is 16.7. The highest BCUT2D eigenvalue weighted by molar-refractivity contribution is 5.99. The summed E-state index contributed by atoms with van der Waals surface area (Å²) in [5.74, 6) is 2.59. The van der Waals surface area contributed by atoms with Crippen molar-refractivity contribution < 1.29 is 43.2 Å². The second-order valence-corrected chi connectivity index (χ2v) is 25.9. The molecule has 6 aromatic carbocycles. The van der Waals surface area contributed by atoms with Crippen molar-refractivity contribution in [1.29, 1.82) is 0 Å². The number of anilines is 4. The number of nitro benzene ring substituents is 2. The fraction of sp³-hybridized carbons (Fsp3) is 0.348. The molecule has 21 nitrogen and oxygen atoms in total. The molecule has 464 valence electrons. The van der Waals surface area contributed by atoms with E-state index in [1.54, 1.807) is 14.2 Å². The van der Waals surface area contributed by atoms with E-state index in [4.69, 9.17) is 29.1 Å². The maximum absolute atomic E-state index is 14.1. The molecule has 0 radical (unpaired) electrons. The first-order valence-electron chi connectivity index (χ1n) is 30.4. The number of nitrogens with one attached hydrogen (secondary N) is 2. The standard InChI is InChI=1S/C69H72N10O11/c1-68(2,3)76-63(70-49-17-25-55-47(31-49)39-74(65(55)80)37-41-9-21-53(87-7)22-10-41)35-59(72-76)45-15-13-43(29-45)57-33-51(78(83)84)19-27-61(57)89-67(82)90-62-28-20-52(79(85)86)34-58(62)44-14-16-46(30-44)60-36-64(77(73-60)69(4,5)6)71-50-18-26-56-48(32-50)40-75(66(56)81)38-42-11-23-54(88-8)24-12-42/h9-12,17-28,31-36,43-46,70-71H,13-16,29-30,37-40H2,1-8H3. The topological polar surface area (TPSA) is 241 Å². The van der Waals surface area contributed by atoms with E-state index in [0.29, 0.717) is 87.0 Å². The van der Waals surface area contributed by atoms with E-state index in [9.17, 15) is 34.6 Å². The van der Waals surface area contributed by atoms with Gasteiger partial charge in [0.05, 0.1) is 46.5 Å². The molecule has 0 saturated heterocycles. The van der Waals surface area contributed by atoms with E-state index >= 15 is 0 Å². The summed E-state index contributed by atoms with van der Waals surface area (Å²) >= 11 is 0. The number of nitrogens with zero attached hydrogens (tertiary/aromatic N) is 8. The summed E-state index contributed by atoms with van der Waals surface area (Å²) in [5, 5.41) is 42.0. The number of methoxy groups -OCH3 is 2. The summed E-state index contributed by atoms with van der Waals surface area (Å²) in [7, 11) is 3.24. The Morgan fingerprint density at radius 2 is 0.922 bits per heavy atom. The van der Waals surface area contributed by atoms with E-state index in [1.807, 2.05) is 116 Å². The summed E-state index contributed by atoms with van der Waals surface area (Å²) in [6.45, 7) is 14.3. The third-order valence-electron chi connectivity index (χ3n) is 17.7. The van der Waals surface area contributed by atoms with Crippen LogP contribution in [0.5, 0.6) is 23.0 Å². The minimum absolute atomic E-state index is 0.0260. The Labute approximate surface area is 521 Å². The third kappa shape index (κ3) is 12.5. The molecule has 8 aromatic rings. The number of benzene rings is 6. The van der Waals surface area contributed by atoms with Gasteiger partial charge in [0, 0.05) is 108 Å². The zero-order valence-corrected chi connectivity index (χ0v) is 51.7. The zero-order valence-electron chi connectivity index (χ0n) is 51.7. The molecule has 90 heavy (non-hydrogen) atoms. The van der Waals surface area contributed by atoms with Gasteiger partial charge >= 0.3 is 6.16 Å². The molecule has 2 aliphatic carbocycles. The lowest BCUT2D eigenvalue weighted by molar-refractivity contribution is -0.385. The number of ether oxygens (including phenoxy) is 4. The van der Waals surface area contributed by atoms with Crippen molar-refractivity contribution in [1.82, 2.24) is 29.4 Å². The minimum atomic E-state index is -1.09. The van der Waals surface area contributed by atoms with Crippen LogP contribution in [0, 0.1) is 20.2 Å².